The van der Waals surface area contributed by atoms with Crippen LogP contribution in [0.4, 0.5) is 0 Å². The van der Waals surface area contributed by atoms with Gasteiger partial charge in [-0.1, -0.05) is 11.3 Å². The van der Waals surface area contributed by atoms with E-state index in [4.69, 9.17) is 0 Å². The lowest BCUT2D eigenvalue weighted by Gasteiger charge is -2.01. The first-order valence-electron chi connectivity index (χ1n) is 3.32. The van der Waals surface area contributed by atoms with Crippen LogP contribution < -0.4 is 6.15 Å². The summed E-state index contributed by atoms with van der Waals surface area (Å²) in [6.45, 7) is 3.66. The van der Waals surface area contributed by atoms with Gasteiger partial charge in [-0.3, -0.25) is 0 Å². The third kappa shape index (κ3) is 7.89. The van der Waals surface area contributed by atoms with E-state index in [1.807, 2.05) is 0 Å². The molecule has 76 valence electrons. The molecule has 0 aromatic carbocycles. The second-order valence-corrected chi connectivity index (χ2v) is 2.89. The SMILES string of the molecule is CCCOS(=O)(=O)OOCC.N. The highest BCUT2D eigenvalue weighted by Gasteiger charge is 2.11. The Hall–Kier alpha value is -0.210. The van der Waals surface area contributed by atoms with Crippen molar-refractivity contribution in [2.45, 2.75) is 20.3 Å². The van der Waals surface area contributed by atoms with E-state index in [0.717, 1.165) is 0 Å². The van der Waals surface area contributed by atoms with Crippen LogP contribution in [0.25, 0.3) is 0 Å². The second kappa shape index (κ2) is 7.44. The summed E-state index contributed by atoms with van der Waals surface area (Å²) in [4.78, 5) is 4.18. The minimum atomic E-state index is -3.93. The fraction of sp³-hybridized carbons (Fsp3) is 1.00. The maximum Gasteiger partial charge on any atom is 0.426 e. The van der Waals surface area contributed by atoms with Crippen LogP contribution in [0.5, 0.6) is 0 Å². The van der Waals surface area contributed by atoms with Crippen LogP contribution in [-0.4, -0.2) is 21.6 Å². The van der Waals surface area contributed by atoms with Gasteiger partial charge in [-0.25, -0.2) is 9.07 Å². The summed E-state index contributed by atoms with van der Waals surface area (Å²) in [6.07, 6.45) is 0.606. The first-order chi connectivity index (χ1) is 5.12. The van der Waals surface area contributed by atoms with Gasteiger partial charge in [-0.2, -0.15) is 8.42 Å². The molecule has 0 amide bonds. The van der Waals surface area contributed by atoms with Crippen LogP contribution in [0.3, 0.4) is 0 Å². The molecule has 0 aliphatic carbocycles. The van der Waals surface area contributed by atoms with Crippen molar-refractivity contribution in [3.8, 4) is 0 Å². The molecule has 12 heavy (non-hydrogen) atoms. The molecule has 0 saturated heterocycles. The lowest BCUT2D eigenvalue weighted by atomic mass is 10.5. The lowest BCUT2D eigenvalue weighted by molar-refractivity contribution is -0.205. The van der Waals surface area contributed by atoms with E-state index >= 15 is 0 Å². The first-order valence-corrected chi connectivity index (χ1v) is 4.66. The van der Waals surface area contributed by atoms with Gasteiger partial charge in [0.1, 0.15) is 0 Å². The van der Waals surface area contributed by atoms with E-state index in [2.05, 4.69) is 13.4 Å². The van der Waals surface area contributed by atoms with Gasteiger partial charge >= 0.3 is 10.4 Å². The van der Waals surface area contributed by atoms with Crippen molar-refractivity contribution in [3.05, 3.63) is 0 Å². The monoisotopic (exact) mass is 201 g/mol. The quantitative estimate of drug-likeness (QED) is 0.504. The Bertz CT molecular complexity index is 164. The van der Waals surface area contributed by atoms with Gasteiger partial charge in [-0.05, 0) is 13.3 Å². The molecule has 0 aromatic heterocycles. The fourth-order valence-corrected chi connectivity index (χ4v) is 0.936. The van der Waals surface area contributed by atoms with Crippen molar-refractivity contribution in [3.63, 3.8) is 0 Å². The standard InChI is InChI=1S/C5H12O5S.H3N/c1-3-5-9-11(6,7)10-8-4-2;/h3-5H2,1-2H3;1H3. The molecule has 0 heterocycles. The molecular formula is C5H15NO5S. The molecule has 0 aliphatic heterocycles. The molecule has 0 aromatic rings. The predicted octanol–water partition coefficient (Wildman–Crippen LogP) is 0.788. The Kier molecular flexibility index (Phi) is 8.88. The van der Waals surface area contributed by atoms with Crippen molar-refractivity contribution in [2.24, 2.45) is 0 Å². The smallest absolute Gasteiger partial charge is 0.344 e. The van der Waals surface area contributed by atoms with Crippen LogP contribution in [0, 0.1) is 0 Å². The van der Waals surface area contributed by atoms with Crippen LogP contribution in [0.15, 0.2) is 0 Å². The molecule has 0 aliphatic rings. The summed E-state index contributed by atoms with van der Waals surface area (Å²) < 4.78 is 29.4. The van der Waals surface area contributed by atoms with Crippen LogP contribution >= 0.6 is 0 Å². The minimum absolute atomic E-state index is 0. The van der Waals surface area contributed by atoms with E-state index < -0.39 is 10.4 Å². The van der Waals surface area contributed by atoms with Gasteiger partial charge in [0.05, 0.1) is 13.2 Å². The van der Waals surface area contributed by atoms with Gasteiger partial charge in [0, 0.05) is 0 Å². The molecule has 0 radical (unpaired) electrons. The van der Waals surface area contributed by atoms with Crippen LogP contribution in [-0.2, 0) is 23.8 Å². The third-order valence-electron chi connectivity index (χ3n) is 0.681. The van der Waals surface area contributed by atoms with Gasteiger partial charge in [0.25, 0.3) is 0 Å². The van der Waals surface area contributed by atoms with E-state index in [-0.39, 0.29) is 19.4 Å². The fourth-order valence-electron chi connectivity index (χ4n) is 0.312. The highest BCUT2D eigenvalue weighted by atomic mass is 32.3. The molecule has 0 saturated carbocycles. The van der Waals surface area contributed by atoms with Gasteiger partial charge in [0.15, 0.2) is 0 Å². The second-order valence-electron chi connectivity index (χ2n) is 1.70. The molecule has 0 fully saturated rings. The molecule has 0 bridgehead atoms. The first kappa shape index (κ1) is 14.3. The Labute approximate surface area is 72.6 Å². The molecule has 6 nitrogen and oxygen atoms in total. The Morgan fingerprint density at radius 1 is 1.25 bits per heavy atom. The van der Waals surface area contributed by atoms with Crippen molar-refractivity contribution < 1.29 is 21.8 Å². The van der Waals surface area contributed by atoms with Gasteiger partial charge in [-0.15, -0.1) is 0 Å². The maximum atomic E-state index is 10.6. The summed E-state index contributed by atoms with van der Waals surface area (Å²) in [7, 11) is -3.93. The van der Waals surface area contributed by atoms with E-state index in [1.165, 1.54) is 0 Å². The Morgan fingerprint density at radius 3 is 2.25 bits per heavy atom. The minimum Gasteiger partial charge on any atom is -0.344 e. The normalized spacial score (nSPS) is 10.8. The van der Waals surface area contributed by atoms with E-state index in [9.17, 15) is 8.42 Å². The third-order valence-corrected chi connectivity index (χ3v) is 1.40. The molecule has 0 rings (SSSR count). The van der Waals surface area contributed by atoms with Crippen molar-refractivity contribution in [1.82, 2.24) is 6.15 Å². The number of rotatable bonds is 6. The average molecular weight is 201 g/mol. The molecule has 0 spiro atoms. The summed E-state index contributed by atoms with van der Waals surface area (Å²) in [6, 6.07) is 0. The molecule has 3 N–H and O–H groups in total. The Balaban J connectivity index is 0. The number of hydrogen-bond donors (Lipinski definition) is 1. The topological polar surface area (TPSA) is 96.8 Å². The summed E-state index contributed by atoms with van der Waals surface area (Å²) in [5.74, 6) is 0. The van der Waals surface area contributed by atoms with E-state index in [0.29, 0.717) is 6.42 Å². The van der Waals surface area contributed by atoms with Gasteiger partial charge < -0.3 is 6.15 Å². The average Bonchev–Trinajstić information content (AvgIpc) is 1.97. The van der Waals surface area contributed by atoms with Crippen molar-refractivity contribution in [2.75, 3.05) is 13.2 Å². The summed E-state index contributed by atoms with van der Waals surface area (Å²) >= 11 is 0. The lowest BCUT2D eigenvalue weighted by Crippen LogP contribution is -2.11. The van der Waals surface area contributed by atoms with Gasteiger partial charge in [0.2, 0.25) is 0 Å². The molecular weight excluding hydrogens is 186 g/mol. The highest BCUT2D eigenvalue weighted by molar-refractivity contribution is 7.81. The number of hydrogen-bond acceptors (Lipinski definition) is 6. The predicted molar refractivity (Wildman–Crippen MR) is 42.9 cm³/mol. The Morgan fingerprint density at radius 2 is 1.83 bits per heavy atom. The zero-order valence-corrected chi connectivity index (χ0v) is 8.09. The van der Waals surface area contributed by atoms with E-state index in [1.54, 1.807) is 13.8 Å². The zero-order chi connectivity index (χ0) is 8.74. The largest absolute Gasteiger partial charge is 0.426 e. The van der Waals surface area contributed by atoms with Crippen molar-refractivity contribution >= 4 is 10.4 Å². The molecule has 0 unspecified atom stereocenters. The summed E-state index contributed by atoms with van der Waals surface area (Å²) in [5.41, 5.74) is 0. The van der Waals surface area contributed by atoms with Crippen LogP contribution in [0.2, 0.25) is 0 Å². The molecule has 7 heteroatoms. The summed E-state index contributed by atoms with van der Waals surface area (Å²) in [5, 5.41) is 0. The highest BCUT2D eigenvalue weighted by Crippen LogP contribution is 1.97. The molecule has 0 atom stereocenters. The van der Waals surface area contributed by atoms with Crippen molar-refractivity contribution in [1.29, 1.82) is 0 Å². The zero-order valence-electron chi connectivity index (χ0n) is 7.28. The van der Waals surface area contributed by atoms with Crippen LogP contribution in [0.1, 0.15) is 20.3 Å². The maximum absolute atomic E-state index is 10.6.